The topological polar surface area (TPSA) is 54.2 Å². The number of nitrogens with zero attached hydrogens (tertiary/aromatic N) is 2. The zero-order valence-electron chi connectivity index (χ0n) is 11.3. The quantitative estimate of drug-likeness (QED) is 0.858. The summed E-state index contributed by atoms with van der Waals surface area (Å²) in [6.45, 7) is 6.02. The molecule has 0 amide bonds. The van der Waals surface area contributed by atoms with Crippen LogP contribution in [0.3, 0.4) is 0 Å². The van der Waals surface area contributed by atoms with Crippen LogP contribution < -0.4 is 16.0 Å². The van der Waals surface area contributed by atoms with Crippen LogP contribution in [0, 0.1) is 0 Å². The van der Waals surface area contributed by atoms with Crippen LogP contribution in [-0.4, -0.2) is 31.2 Å². The number of rotatable bonds is 2. The van der Waals surface area contributed by atoms with Crippen LogP contribution in [0.4, 0.5) is 5.82 Å². The largest absolute Gasteiger partial charge is 0.354 e. The number of hydrogen-bond acceptors (Lipinski definition) is 4. The summed E-state index contributed by atoms with van der Waals surface area (Å²) >= 11 is 0. The Hall–Kier alpha value is -1.65. The first-order chi connectivity index (χ1) is 9.25. The number of piperazine rings is 1. The predicted molar refractivity (Wildman–Crippen MR) is 79.4 cm³/mol. The van der Waals surface area contributed by atoms with E-state index in [-0.39, 0.29) is 6.04 Å². The Balaban J connectivity index is 2.11. The maximum atomic E-state index is 6.13. The Morgan fingerprint density at radius 1 is 1.26 bits per heavy atom. The monoisotopic (exact) mass is 256 g/mol. The molecule has 0 radical (unpaired) electrons. The number of benzene rings is 1. The van der Waals surface area contributed by atoms with Crippen LogP contribution in [0.25, 0.3) is 10.9 Å². The van der Waals surface area contributed by atoms with Gasteiger partial charge < -0.3 is 16.0 Å². The van der Waals surface area contributed by atoms with Gasteiger partial charge in [-0.05, 0) is 19.1 Å². The number of nitrogens with one attached hydrogen (secondary N) is 1. The highest BCUT2D eigenvalue weighted by Gasteiger charge is 2.18. The van der Waals surface area contributed by atoms with E-state index in [0.29, 0.717) is 0 Å². The van der Waals surface area contributed by atoms with Gasteiger partial charge >= 0.3 is 0 Å². The van der Waals surface area contributed by atoms with Crippen molar-refractivity contribution in [3.63, 3.8) is 0 Å². The van der Waals surface area contributed by atoms with Crippen LogP contribution in [0.1, 0.15) is 18.5 Å². The molecule has 3 rings (SSSR count). The van der Waals surface area contributed by atoms with E-state index in [9.17, 15) is 0 Å². The van der Waals surface area contributed by atoms with E-state index in [0.717, 1.165) is 48.5 Å². The summed E-state index contributed by atoms with van der Waals surface area (Å²) in [6, 6.07) is 10.4. The molecule has 1 aromatic heterocycles. The number of hydrogen-bond donors (Lipinski definition) is 2. The molecule has 1 atom stereocenters. The molecule has 1 aliphatic rings. The van der Waals surface area contributed by atoms with Gasteiger partial charge in [-0.25, -0.2) is 4.98 Å². The van der Waals surface area contributed by atoms with E-state index in [1.165, 1.54) is 0 Å². The Morgan fingerprint density at radius 3 is 2.74 bits per heavy atom. The molecule has 2 aromatic rings. The molecule has 0 spiro atoms. The number of anilines is 1. The van der Waals surface area contributed by atoms with Gasteiger partial charge in [0.25, 0.3) is 0 Å². The average molecular weight is 256 g/mol. The first-order valence-electron chi connectivity index (χ1n) is 6.86. The Bertz CT molecular complexity index is 573. The normalized spacial score (nSPS) is 17.7. The molecular formula is C15H20N4. The smallest absolute Gasteiger partial charge is 0.134 e. The molecule has 100 valence electrons. The van der Waals surface area contributed by atoms with Crippen molar-refractivity contribution in [1.82, 2.24) is 10.3 Å². The third-order valence-electron chi connectivity index (χ3n) is 3.64. The van der Waals surface area contributed by atoms with Crippen molar-refractivity contribution in [2.75, 3.05) is 31.1 Å². The molecule has 3 N–H and O–H groups in total. The summed E-state index contributed by atoms with van der Waals surface area (Å²) in [5.74, 6) is 1.05. The van der Waals surface area contributed by atoms with Gasteiger partial charge in [-0.15, -0.1) is 0 Å². The third-order valence-corrected chi connectivity index (χ3v) is 3.64. The Labute approximate surface area is 113 Å². The van der Waals surface area contributed by atoms with Crippen molar-refractivity contribution in [2.45, 2.75) is 13.0 Å². The summed E-state index contributed by atoms with van der Waals surface area (Å²) in [7, 11) is 0. The minimum Gasteiger partial charge on any atom is -0.354 e. The van der Waals surface area contributed by atoms with Crippen LogP contribution in [0.5, 0.6) is 0 Å². The minimum atomic E-state index is 0.00184. The summed E-state index contributed by atoms with van der Waals surface area (Å²) < 4.78 is 0. The molecule has 19 heavy (non-hydrogen) atoms. The van der Waals surface area contributed by atoms with Crippen molar-refractivity contribution in [3.8, 4) is 0 Å². The van der Waals surface area contributed by atoms with Crippen molar-refractivity contribution in [3.05, 3.63) is 35.9 Å². The first kappa shape index (κ1) is 12.4. The molecule has 1 aliphatic heterocycles. The number of pyridine rings is 1. The van der Waals surface area contributed by atoms with Crippen LogP contribution in [0.2, 0.25) is 0 Å². The molecule has 1 saturated heterocycles. The van der Waals surface area contributed by atoms with E-state index >= 15 is 0 Å². The molecule has 1 aromatic carbocycles. The van der Waals surface area contributed by atoms with Crippen LogP contribution in [0.15, 0.2) is 30.3 Å². The Kier molecular flexibility index (Phi) is 3.36. The van der Waals surface area contributed by atoms with E-state index in [2.05, 4.69) is 28.4 Å². The summed E-state index contributed by atoms with van der Waals surface area (Å²) in [6.07, 6.45) is 0. The van der Waals surface area contributed by atoms with Gasteiger partial charge in [0, 0.05) is 43.2 Å². The van der Waals surface area contributed by atoms with Gasteiger partial charge in [-0.3, -0.25) is 0 Å². The molecule has 1 fully saturated rings. The second kappa shape index (κ2) is 5.15. The zero-order chi connectivity index (χ0) is 13.2. The van der Waals surface area contributed by atoms with Gasteiger partial charge in [0.2, 0.25) is 0 Å². The Morgan fingerprint density at radius 2 is 2.00 bits per heavy atom. The molecule has 1 unspecified atom stereocenters. The minimum absolute atomic E-state index is 0.00184. The summed E-state index contributed by atoms with van der Waals surface area (Å²) in [5, 5.41) is 4.53. The van der Waals surface area contributed by atoms with Gasteiger partial charge in [0.05, 0.1) is 5.52 Å². The second-order valence-electron chi connectivity index (χ2n) is 5.12. The zero-order valence-corrected chi connectivity index (χ0v) is 11.3. The van der Waals surface area contributed by atoms with Crippen LogP contribution >= 0.6 is 0 Å². The third kappa shape index (κ3) is 2.41. The lowest BCUT2D eigenvalue weighted by atomic mass is 10.1. The highest BCUT2D eigenvalue weighted by molar-refractivity contribution is 5.82. The van der Waals surface area contributed by atoms with Gasteiger partial charge in [0.15, 0.2) is 0 Å². The molecule has 4 nitrogen and oxygen atoms in total. The lowest BCUT2D eigenvalue weighted by molar-refractivity contribution is 0.582. The second-order valence-corrected chi connectivity index (χ2v) is 5.12. The standard InChI is InChI=1S/C15H20N4/c1-11(16)13-10-12-4-2-3-5-14(12)18-15(13)19-8-6-17-7-9-19/h2-5,10-11,17H,6-9,16H2,1H3. The van der Waals surface area contributed by atoms with Crippen molar-refractivity contribution in [2.24, 2.45) is 5.73 Å². The molecule has 4 heteroatoms. The molecule has 2 heterocycles. The maximum Gasteiger partial charge on any atom is 0.134 e. The molecular weight excluding hydrogens is 236 g/mol. The number of fused-ring (bicyclic) bond motifs is 1. The highest BCUT2D eigenvalue weighted by atomic mass is 15.2. The molecule has 0 aliphatic carbocycles. The number of para-hydroxylation sites is 1. The van der Waals surface area contributed by atoms with Gasteiger partial charge in [-0.1, -0.05) is 18.2 Å². The molecule has 0 bridgehead atoms. The molecule has 0 saturated carbocycles. The van der Waals surface area contributed by atoms with Gasteiger partial charge in [-0.2, -0.15) is 0 Å². The maximum absolute atomic E-state index is 6.13. The number of aromatic nitrogens is 1. The first-order valence-corrected chi connectivity index (χ1v) is 6.86. The van der Waals surface area contributed by atoms with Crippen molar-refractivity contribution < 1.29 is 0 Å². The fourth-order valence-electron chi connectivity index (χ4n) is 2.59. The lowest BCUT2D eigenvalue weighted by Crippen LogP contribution is -2.44. The SMILES string of the molecule is CC(N)c1cc2ccccc2nc1N1CCNCC1. The summed E-state index contributed by atoms with van der Waals surface area (Å²) in [4.78, 5) is 7.17. The van der Waals surface area contributed by atoms with Crippen LogP contribution in [-0.2, 0) is 0 Å². The lowest BCUT2D eigenvalue weighted by Gasteiger charge is -2.31. The van der Waals surface area contributed by atoms with Gasteiger partial charge in [0.1, 0.15) is 5.82 Å². The predicted octanol–water partition coefficient (Wildman–Crippen LogP) is 1.66. The summed E-state index contributed by atoms with van der Waals surface area (Å²) in [5.41, 5.74) is 8.31. The fraction of sp³-hybridized carbons (Fsp3) is 0.400. The van der Waals surface area contributed by atoms with Crippen molar-refractivity contribution in [1.29, 1.82) is 0 Å². The number of nitrogens with two attached hydrogens (primary N) is 1. The average Bonchev–Trinajstić information content (AvgIpc) is 2.46. The van der Waals surface area contributed by atoms with E-state index < -0.39 is 0 Å². The van der Waals surface area contributed by atoms with E-state index in [1.807, 2.05) is 19.1 Å². The van der Waals surface area contributed by atoms with E-state index in [1.54, 1.807) is 0 Å². The van der Waals surface area contributed by atoms with E-state index in [4.69, 9.17) is 10.7 Å². The fourth-order valence-corrected chi connectivity index (χ4v) is 2.59. The van der Waals surface area contributed by atoms with Crippen molar-refractivity contribution >= 4 is 16.7 Å². The highest BCUT2D eigenvalue weighted by Crippen LogP contribution is 2.27.